The van der Waals surface area contributed by atoms with E-state index in [1.807, 2.05) is 0 Å². The molecule has 0 aliphatic carbocycles. The third kappa shape index (κ3) is 3.67. The molecule has 2 aromatic heterocycles. The van der Waals surface area contributed by atoms with Gasteiger partial charge in [-0.05, 0) is 51.8 Å². The molecule has 0 radical (unpaired) electrons. The molecular formula is C15H8BrClF4N4. The molecule has 0 N–H and O–H groups in total. The second kappa shape index (κ2) is 7.09. The van der Waals surface area contributed by atoms with Crippen LogP contribution in [0.3, 0.4) is 0 Å². The fraction of sp³-hybridized carbons (Fsp3) is 0.133. The van der Waals surface area contributed by atoms with E-state index in [1.165, 1.54) is 24.4 Å². The molecule has 0 saturated heterocycles. The van der Waals surface area contributed by atoms with E-state index in [0.29, 0.717) is 4.60 Å². The third-order valence-corrected chi connectivity index (χ3v) is 3.91. The summed E-state index contributed by atoms with van der Waals surface area (Å²) in [6.07, 6.45) is -1.40. The average Bonchev–Trinajstić information content (AvgIpc) is 2.55. The number of halogens is 6. The SMILES string of the molecule is Fc1ccc2nc(Cl)nc(N(CC(F)F)c3ccnc(Br)c3)c2c1F. The van der Waals surface area contributed by atoms with E-state index in [2.05, 4.69) is 30.9 Å². The van der Waals surface area contributed by atoms with Crippen LogP contribution in [0.4, 0.5) is 29.1 Å². The normalized spacial score (nSPS) is 11.3. The number of pyridine rings is 1. The van der Waals surface area contributed by atoms with Gasteiger partial charge in [0.25, 0.3) is 6.43 Å². The zero-order valence-electron chi connectivity index (χ0n) is 12.2. The molecule has 4 nitrogen and oxygen atoms in total. The zero-order chi connectivity index (χ0) is 18.1. The Kier molecular flexibility index (Phi) is 5.05. The summed E-state index contributed by atoms with van der Waals surface area (Å²) < 4.78 is 54.6. The fourth-order valence-electron chi connectivity index (χ4n) is 2.32. The van der Waals surface area contributed by atoms with Crippen molar-refractivity contribution in [3.05, 3.63) is 52.0 Å². The molecule has 2 heterocycles. The van der Waals surface area contributed by atoms with Gasteiger partial charge in [0.15, 0.2) is 11.6 Å². The van der Waals surface area contributed by atoms with E-state index >= 15 is 0 Å². The second-order valence-corrected chi connectivity index (χ2v) is 6.06. The summed E-state index contributed by atoms with van der Waals surface area (Å²) in [5.41, 5.74) is 0.253. The molecule has 0 atom stereocenters. The fourth-order valence-corrected chi connectivity index (χ4v) is 2.85. The highest BCUT2D eigenvalue weighted by atomic mass is 79.9. The number of alkyl halides is 2. The number of fused-ring (bicyclic) bond motifs is 1. The summed E-state index contributed by atoms with van der Waals surface area (Å²) in [5, 5.41) is -0.612. The smallest absolute Gasteiger partial charge is 0.256 e. The maximum atomic E-state index is 14.3. The molecule has 0 unspecified atom stereocenters. The van der Waals surface area contributed by atoms with Gasteiger partial charge in [0.2, 0.25) is 5.28 Å². The largest absolute Gasteiger partial charge is 0.320 e. The van der Waals surface area contributed by atoms with Gasteiger partial charge >= 0.3 is 0 Å². The van der Waals surface area contributed by atoms with Crippen molar-refractivity contribution in [2.75, 3.05) is 11.4 Å². The van der Waals surface area contributed by atoms with E-state index in [9.17, 15) is 17.6 Å². The Bertz CT molecular complexity index is 941. The Morgan fingerprint density at radius 2 is 1.92 bits per heavy atom. The highest BCUT2D eigenvalue weighted by Gasteiger charge is 2.23. The lowest BCUT2D eigenvalue weighted by Gasteiger charge is -2.25. The number of nitrogens with zero attached hydrogens (tertiary/aromatic N) is 4. The van der Waals surface area contributed by atoms with Crippen LogP contribution < -0.4 is 4.90 Å². The van der Waals surface area contributed by atoms with Crippen molar-refractivity contribution in [3.8, 4) is 0 Å². The first-order valence-corrected chi connectivity index (χ1v) is 8.02. The average molecular weight is 436 g/mol. The maximum absolute atomic E-state index is 14.3. The van der Waals surface area contributed by atoms with Gasteiger partial charge in [0.1, 0.15) is 10.4 Å². The molecule has 3 aromatic rings. The van der Waals surface area contributed by atoms with Crippen LogP contribution in [0.2, 0.25) is 5.28 Å². The predicted molar refractivity (Wildman–Crippen MR) is 89.4 cm³/mol. The van der Waals surface area contributed by atoms with Gasteiger partial charge in [-0.1, -0.05) is 0 Å². The highest BCUT2D eigenvalue weighted by Crippen LogP contribution is 2.34. The predicted octanol–water partition coefficient (Wildman–Crippen LogP) is 5.12. The van der Waals surface area contributed by atoms with E-state index in [0.717, 1.165) is 11.0 Å². The first-order valence-electron chi connectivity index (χ1n) is 6.85. The van der Waals surface area contributed by atoms with Crippen molar-refractivity contribution in [3.63, 3.8) is 0 Å². The van der Waals surface area contributed by atoms with Crippen LogP contribution in [-0.2, 0) is 0 Å². The number of hydrogen-bond acceptors (Lipinski definition) is 4. The van der Waals surface area contributed by atoms with Crippen LogP contribution in [0.1, 0.15) is 0 Å². The van der Waals surface area contributed by atoms with Crippen LogP contribution in [0.25, 0.3) is 10.9 Å². The molecule has 130 valence electrons. The summed E-state index contributed by atoms with van der Waals surface area (Å²) in [4.78, 5) is 12.6. The molecule has 0 amide bonds. The minimum absolute atomic E-state index is 0.00119. The second-order valence-electron chi connectivity index (χ2n) is 4.91. The van der Waals surface area contributed by atoms with Gasteiger partial charge in [0.05, 0.1) is 17.4 Å². The van der Waals surface area contributed by atoms with Crippen molar-refractivity contribution in [2.45, 2.75) is 6.43 Å². The van der Waals surface area contributed by atoms with Crippen molar-refractivity contribution in [2.24, 2.45) is 0 Å². The zero-order valence-corrected chi connectivity index (χ0v) is 14.6. The van der Waals surface area contributed by atoms with E-state index in [4.69, 9.17) is 11.6 Å². The summed E-state index contributed by atoms with van der Waals surface area (Å²) in [5.74, 6) is -2.64. The van der Waals surface area contributed by atoms with E-state index in [1.54, 1.807) is 0 Å². The van der Waals surface area contributed by atoms with Gasteiger partial charge in [-0.3, -0.25) is 0 Å². The first kappa shape index (κ1) is 17.8. The van der Waals surface area contributed by atoms with Gasteiger partial charge in [0, 0.05) is 11.9 Å². The lowest BCUT2D eigenvalue weighted by atomic mass is 10.2. The van der Waals surface area contributed by atoms with Gasteiger partial charge in [-0.25, -0.2) is 27.5 Å². The molecular weight excluding hydrogens is 428 g/mol. The number of rotatable bonds is 4. The lowest BCUT2D eigenvalue weighted by Crippen LogP contribution is -2.25. The summed E-state index contributed by atoms with van der Waals surface area (Å²) in [6.45, 7) is -0.811. The van der Waals surface area contributed by atoms with Crippen LogP contribution in [0.15, 0.2) is 35.1 Å². The van der Waals surface area contributed by atoms with Crippen LogP contribution in [0.5, 0.6) is 0 Å². The lowest BCUT2D eigenvalue weighted by molar-refractivity contribution is 0.158. The molecule has 0 spiro atoms. The molecule has 0 fully saturated rings. The quantitative estimate of drug-likeness (QED) is 0.324. The number of anilines is 2. The molecule has 25 heavy (non-hydrogen) atoms. The standard InChI is InChI=1S/C15H8BrClF4N4/c16-10-5-7(3-4-22-10)25(6-11(19)20)14-12-9(23-15(17)24-14)2-1-8(18)13(12)21/h1-5,11H,6H2. The number of aromatic nitrogens is 3. The van der Waals surface area contributed by atoms with Gasteiger partial charge in [-0.2, -0.15) is 4.98 Å². The summed E-state index contributed by atoms with van der Waals surface area (Å²) in [7, 11) is 0. The van der Waals surface area contributed by atoms with Crippen LogP contribution in [-0.4, -0.2) is 27.9 Å². The van der Waals surface area contributed by atoms with Gasteiger partial charge in [-0.15, -0.1) is 0 Å². The van der Waals surface area contributed by atoms with Crippen molar-refractivity contribution in [1.29, 1.82) is 0 Å². The first-order chi connectivity index (χ1) is 11.9. The topological polar surface area (TPSA) is 41.9 Å². The van der Waals surface area contributed by atoms with Gasteiger partial charge < -0.3 is 4.90 Å². The Morgan fingerprint density at radius 3 is 2.60 bits per heavy atom. The molecule has 10 heteroatoms. The number of hydrogen-bond donors (Lipinski definition) is 0. The summed E-state index contributed by atoms with van der Waals surface area (Å²) in [6, 6.07) is 4.96. The minimum Gasteiger partial charge on any atom is -0.320 e. The Morgan fingerprint density at radius 1 is 1.16 bits per heavy atom. The molecule has 0 aliphatic rings. The van der Waals surface area contributed by atoms with Crippen molar-refractivity contribution < 1.29 is 17.6 Å². The minimum atomic E-state index is -2.77. The van der Waals surface area contributed by atoms with Crippen LogP contribution in [0, 0.1) is 11.6 Å². The van der Waals surface area contributed by atoms with Crippen LogP contribution >= 0.6 is 27.5 Å². The third-order valence-electron chi connectivity index (χ3n) is 3.31. The number of benzene rings is 1. The molecule has 0 saturated carbocycles. The molecule has 0 aliphatic heterocycles. The Balaban J connectivity index is 2.30. The summed E-state index contributed by atoms with van der Waals surface area (Å²) >= 11 is 8.98. The highest BCUT2D eigenvalue weighted by molar-refractivity contribution is 9.10. The monoisotopic (exact) mass is 434 g/mol. The molecule has 1 aromatic carbocycles. The van der Waals surface area contributed by atoms with Crippen molar-refractivity contribution >= 4 is 49.9 Å². The maximum Gasteiger partial charge on any atom is 0.256 e. The molecule has 0 bridgehead atoms. The Hall–Kier alpha value is -2.00. The molecule has 3 rings (SSSR count). The Labute approximate surface area is 152 Å². The van der Waals surface area contributed by atoms with Crippen molar-refractivity contribution in [1.82, 2.24) is 15.0 Å². The van der Waals surface area contributed by atoms with E-state index in [-0.39, 0.29) is 27.7 Å². The van der Waals surface area contributed by atoms with E-state index < -0.39 is 24.6 Å².